The number of benzene rings is 3. The topological polar surface area (TPSA) is 97.2 Å². The number of carbonyl (C=O) groups is 2. The summed E-state index contributed by atoms with van der Waals surface area (Å²) in [6.07, 6.45) is 1.39. The normalized spacial score (nSPS) is 10.8. The quantitative estimate of drug-likeness (QED) is 0.365. The standard InChI is InChI=1S/C22H20N2O5/c1-2-28-22(27)16-7-10-17(11-8-16)29-14-21(26)24-23-13-19-18-6-4-3-5-15(18)9-12-20(19)25/h3-13,25H,2,14H2,1H3,(H,24,26). The van der Waals surface area contributed by atoms with Gasteiger partial charge in [-0.05, 0) is 48.0 Å². The SMILES string of the molecule is CCOC(=O)c1ccc(OCC(=O)NN=Cc2c(O)ccc3ccccc23)cc1. The number of rotatable bonds is 7. The van der Waals surface area contributed by atoms with Gasteiger partial charge in [0.2, 0.25) is 0 Å². The number of hydrazone groups is 1. The first-order valence-corrected chi connectivity index (χ1v) is 9.01. The maximum Gasteiger partial charge on any atom is 0.338 e. The molecular formula is C22H20N2O5. The number of hydrogen-bond donors (Lipinski definition) is 2. The zero-order valence-corrected chi connectivity index (χ0v) is 15.8. The van der Waals surface area contributed by atoms with Crippen LogP contribution in [0.15, 0.2) is 65.8 Å². The molecule has 0 fully saturated rings. The summed E-state index contributed by atoms with van der Waals surface area (Å²) in [5, 5.41) is 15.7. The van der Waals surface area contributed by atoms with Crippen molar-refractivity contribution in [2.45, 2.75) is 6.92 Å². The summed E-state index contributed by atoms with van der Waals surface area (Å²) in [5.74, 6) is -0.373. The molecule has 0 bridgehead atoms. The van der Waals surface area contributed by atoms with Crippen LogP contribution in [0.4, 0.5) is 0 Å². The second-order valence-corrected chi connectivity index (χ2v) is 6.05. The van der Waals surface area contributed by atoms with E-state index in [-0.39, 0.29) is 12.4 Å². The second-order valence-electron chi connectivity index (χ2n) is 6.05. The van der Waals surface area contributed by atoms with Crippen molar-refractivity contribution >= 4 is 28.9 Å². The fourth-order valence-electron chi connectivity index (χ4n) is 2.67. The molecule has 7 heteroatoms. The highest BCUT2D eigenvalue weighted by atomic mass is 16.5. The number of fused-ring (bicyclic) bond motifs is 1. The van der Waals surface area contributed by atoms with Crippen LogP contribution in [0.25, 0.3) is 10.8 Å². The Bertz CT molecular complexity index is 1040. The van der Waals surface area contributed by atoms with E-state index in [4.69, 9.17) is 9.47 Å². The molecule has 0 saturated carbocycles. The van der Waals surface area contributed by atoms with Crippen LogP contribution >= 0.6 is 0 Å². The third kappa shape index (κ3) is 5.10. The molecule has 0 aliphatic carbocycles. The molecule has 3 rings (SSSR count). The first-order chi connectivity index (χ1) is 14.1. The molecule has 0 saturated heterocycles. The zero-order valence-electron chi connectivity index (χ0n) is 15.8. The summed E-state index contributed by atoms with van der Waals surface area (Å²) >= 11 is 0. The molecule has 2 N–H and O–H groups in total. The van der Waals surface area contributed by atoms with Crippen molar-refractivity contribution in [2.75, 3.05) is 13.2 Å². The molecule has 0 aliphatic rings. The predicted octanol–water partition coefficient (Wildman–Crippen LogP) is 3.25. The first-order valence-electron chi connectivity index (χ1n) is 9.01. The lowest BCUT2D eigenvalue weighted by Crippen LogP contribution is -2.24. The van der Waals surface area contributed by atoms with Gasteiger partial charge in [0.25, 0.3) is 5.91 Å². The van der Waals surface area contributed by atoms with Crippen LogP contribution in [0.2, 0.25) is 0 Å². The minimum Gasteiger partial charge on any atom is -0.507 e. The minimum absolute atomic E-state index is 0.0691. The van der Waals surface area contributed by atoms with Gasteiger partial charge in [0.05, 0.1) is 18.4 Å². The van der Waals surface area contributed by atoms with Gasteiger partial charge in [-0.15, -0.1) is 0 Å². The maximum atomic E-state index is 11.9. The van der Waals surface area contributed by atoms with E-state index in [0.29, 0.717) is 23.5 Å². The highest BCUT2D eigenvalue weighted by Gasteiger charge is 2.08. The van der Waals surface area contributed by atoms with E-state index in [9.17, 15) is 14.7 Å². The van der Waals surface area contributed by atoms with Gasteiger partial charge in [-0.3, -0.25) is 4.79 Å². The molecule has 29 heavy (non-hydrogen) atoms. The maximum absolute atomic E-state index is 11.9. The van der Waals surface area contributed by atoms with Crippen LogP contribution in [0.5, 0.6) is 11.5 Å². The molecule has 3 aromatic rings. The highest BCUT2D eigenvalue weighted by molar-refractivity contribution is 6.02. The Morgan fingerprint density at radius 3 is 2.59 bits per heavy atom. The molecule has 1 amide bonds. The Morgan fingerprint density at radius 2 is 1.83 bits per heavy atom. The lowest BCUT2D eigenvalue weighted by Gasteiger charge is -2.07. The van der Waals surface area contributed by atoms with E-state index in [1.807, 2.05) is 30.3 Å². The van der Waals surface area contributed by atoms with Crippen LogP contribution in [-0.4, -0.2) is 36.4 Å². The lowest BCUT2D eigenvalue weighted by molar-refractivity contribution is -0.123. The van der Waals surface area contributed by atoms with Gasteiger partial charge < -0.3 is 14.6 Å². The van der Waals surface area contributed by atoms with Crippen molar-refractivity contribution < 1.29 is 24.2 Å². The van der Waals surface area contributed by atoms with E-state index < -0.39 is 11.9 Å². The fraction of sp³-hybridized carbons (Fsp3) is 0.136. The van der Waals surface area contributed by atoms with Crippen LogP contribution in [0.1, 0.15) is 22.8 Å². The lowest BCUT2D eigenvalue weighted by atomic mass is 10.0. The number of phenols is 1. The van der Waals surface area contributed by atoms with Crippen molar-refractivity contribution in [2.24, 2.45) is 5.10 Å². The number of amides is 1. The molecule has 0 aliphatic heterocycles. The smallest absolute Gasteiger partial charge is 0.338 e. The number of nitrogens with one attached hydrogen (secondary N) is 1. The highest BCUT2D eigenvalue weighted by Crippen LogP contribution is 2.25. The van der Waals surface area contributed by atoms with Crippen molar-refractivity contribution in [1.29, 1.82) is 0 Å². The van der Waals surface area contributed by atoms with Crippen LogP contribution in [0, 0.1) is 0 Å². The third-order valence-corrected chi connectivity index (χ3v) is 4.07. The zero-order chi connectivity index (χ0) is 20.6. The largest absolute Gasteiger partial charge is 0.507 e. The van der Waals surface area contributed by atoms with Crippen LogP contribution in [-0.2, 0) is 9.53 Å². The summed E-state index contributed by atoms with van der Waals surface area (Å²) in [5.41, 5.74) is 3.28. The molecule has 0 spiro atoms. The summed E-state index contributed by atoms with van der Waals surface area (Å²) in [6.45, 7) is 1.78. The number of nitrogens with zero attached hydrogens (tertiary/aromatic N) is 1. The van der Waals surface area contributed by atoms with Gasteiger partial charge in [-0.2, -0.15) is 5.10 Å². The van der Waals surface area contributed by atoms with E-state index in [2.05, 4.69) is 10.5 Å². The molecule has 0 aromatic heterocycles. The van der Waals surface area contributed by atoms with Gasteiger partial charge in [0.15, 0.2) is 6.61 Å². The number of carbonyl (C=O) groups excluding carboxylic acids is 2. The van der Waals surface area contributed by atoms with Gasteiger partial charge in [0, 0.05) is 5.56 Å². The summed E-state index contributed by atoms with van der Waals surface area (Å²) in [4.78, 5) is 23.5. The van der Waals surface area contributed by atoms with E-state index in [1.54, 1.807) is 37.3 Å². The average molecular weight is 392 g/mol. The van der Waals surface area contributed by atoms with E-state index >= 15 is 0 Å². The number of esters is 1. The number of phenolic OH excluding ortho intramolecular Hbond substituents is 1. The number of hydrogen-bond acceptors (Lipinski definition) is 6. The summed E-state index contributed by atoms with van der Waals surface area (Å²) in [7, 11) is 0. The Balaban J connectivity index is 1.55. The molecule has 0 atom stereocenters. The third-order valence-electron chi connectivity index (χ3n) is 4.07. The monoisotopic (exact) mass is 392 g/mol. The number of ether oxygens (including phenoxy) is 2. The number of aromatic hydroxyl groups is 1. The molecule has 7 nitrogen and oxygen atoms in total. The van der Waals surface area contributed by atoms with Gasteiger partial charge in [-0.25, -0.2) is 10.2 Å². The average Bonchev–Trinajstić information content (AvgIpc) is 2.74. The van der Waals surface area contributed by atoms with Gasteiger partial charge >= 0.3 is 5.97 Å². The summed E-state index contributed by atoms with van der Waals surface area (Å²) in [6, 6.07) is 17.2. The Morgan fingerprint density at radius 1 is 1.07 bits per heavy atom. The Hall–Kier alpha value is -3.87. The van der Waals surface area contributed by atoms with Crippen LogP contribution in [0.3, 0.4) is 0 Å². The van der Waals surface area contributed by atoms with E-state index in [0.717, 1.165) is 10.8 Å². The van der Waals surface area contributed by atoms with E-state index in [1.165, 1.54) is 6.21 Å². The molecule has 3 aromatic carbocycles. The Kier molecular flexibility index (Phi) is 6.42. The summed E-state index contributed by atoms with van der Waals surface area (Å²) < 4.78 is 10.3. The van der Waals surface area contributed by atoms with Crippen molar-refractivity contribution in [3.05, 3.63) is 71.8 Å². The van der Waals surface area contributed by atoms with Gasteiger partial charge in [-0.1, -0.05) is 30.3 Å². The van der Waals surface area contributed by atoms with Crippen LogP contribution < -0.4 is 10.2 Å². The second kappa shape index (κ2) is 9.36. The van der Waals surface area contributed by atoms with Gasteiger partial charge in [0.1, 0.15) is 11.5 Å². The molecule has 0 radical (unpaired) electrons. The first kappa shape index (κ1) is 19.9. The fourth-order valence-corrected chi connectivity index (χ4v) is 2.67. The van der Waals surface area contributed by atoms with Crippen molar-refractivity contribution in [3.8, 4) is 11.5 Å². The molecular weight excluding hydrogens is 372 g/mol. The minimum atomic E-state index is -0.463. The molecule has 148 valence electrons. The predicted molar refractivity (Wildman–Crippen MR) is 109 cm³/mol. The Labute approximate surface area is 167 Å². The van der Waals surface area contributed by atoms with Crippen molar-refractivity contribution in [1.82, 2.24) is 5.43 Å². The molecule has 0 heterocycles. The molecule has 0 unspecified atom stereocenters. The van der Waals surface area contributed by atoms with Crippen molar-refractivity contribution in [3.63, 3.8) is 0 Å².